The molecule has 2 aliphatic rings. The number of likely N-dealkylation sites (tertiary alicyclic amines) is 1. The SMILES string of the molecule is C=C1CN(C(=O)C2CC=CCC2C(=O)O)CC1[CH2-].[Rf]. The number of hydrogen-bond acceptors (Lipinski definition) is 2. The van der Waals surface area contributed by atoms with Crippen molar-refractivity contribution in [3.8, 4) is 0 Å². The molecule has 0 aromatic heterocycles. The molecule has 4 nitrogen and oxygen atoms in total. The second kappa shape index (κ2) is 5.38. The summed E-state index contributed by atoms with van der Waals surface area (Å²) >= 11 is 0. The van der Waals surface area contributed by atoms with Crippen molar-refractivity contribution in [2.75, 3.05) is 13.1 Å². The molecule has 1 amide bonds. The predicted octanol–water partition coefficient (Wildman–Crippen LogP) is 1.50. The molecule has 0 aromatic rings. The first kappa shape index (κ1) is 14.5. The molecule has 1 aliphatic heterocycles. The van der Waals surface area contributed by atoms with Gasteiger partial charge < -0.3 is 16.9 Å². The largest absolute Gasteiger partial charge is 0.481 e. The third-order valence-electron chi connectivity index (χ3n) is 3.79. The summed E-state index contributed by atoms with van der Waals surface area (Å²) in [6.45, 7) is 8.88. The number of nitrogens with zero attached hydrogens (tertiary/aromatic N) is 1. The van der Waals surface area contributed by atoms with E-state index in [1.165, 1.54) is 0 Å². The van der Waals surface area contributed by atoms with E-state index in [2.05, 4.69) is 13.5 Å². The fourth-order valence-electron chi connectivity index (χ4n) is 2.60. The number of carboxylic acids is 1. The number of hydrogen-bond donors (Lipinski definition) is 1. The number of carboxylic acid groups (broad SMARTS) is 1. The fraction of sp³-hybridized carbons (Fsp3) is 0.500. The Hall–Kier alpha value is -2.58. The van der Waals surface area contributed by atoms with Crippen molar-refractivity contribution in [1.29, 1.82) is 0 Å². The number of allylic oxidation sites excluding steroid dienone is 2. The van der Waals surface area contributed by atoms with Gasteiger partial charge in [0.2, 0.25) is 5.91 Å². The quantitative estimate of drug-likeness (QED) is 0.449. The molecule has 5 heteroatoms. The van der Waals surface area contributed by atoms with Crippen molar-refractivity contribution in [2.45, 2.75) is 12.8 Å². The van der Waals surface area contributed by atoms with Crippen LogP contribution in [0.5, 0.6) is 0 Å². The average molecular weight is 515 g/mol. The minimum atomic E-state index is -0.887. The Balaban J connectivity index is 0.00000180. The van der Waals surface area contributed by atoms with Gasteiger partial charge in [0, 0.05) is 6.54 Å². The van der Waals surface area contributed by atoms with Crippen LogP contribution in [0, 0.1) is 24.7 Å². The van der Waals surface area contributed by atoms with Crippen molar-refractivity contribution in [3.63, 3.8) is 0 Å². The van der Waals surface area contributed by atoms with E-state index in [4.69, 9.17) is 5.11 Å². The van der Waals surface area contributed by atoms with Crippen LogP contribution in [0.2, 0.25) is 0 Å². The maximum atomic E-state index is 12.4. The van der Waals surface area contributed by atoms with Crippen LogP contribution in [0.25, 0.3) is 0 Å². The molecule has 1 heterocycles. The van der Waals surface area contributed by atoms with Crippen LogP contribution in [0.1, 0.15) is 12.8 Å². The summed E-state index contributed by atoms with van der Waals surface area (Å²) < 4.78 is 0. The van der Waals surface area contributed by atoms with Gasteiger partial charge in [0.05, 0.1) is 11.8 Å². The van der Waals surface area contributed by atoms with E-state index in [-0.39, 0.29) is 11.8 Å². The van der Waals surface area contributed by atoms with E-state index in [9.17, 15) is 9.59 Å². The van der Waals surface area contributed by atoms with Gasteiger partial charge in [-0.25, -0.2) is 0 Å². The zero-order valence-corrected chi connectivity index (χ0v) is 17.4. The Labute approximate surface area is 107 Å². The normalized spacial score (nSPS) is 30.1. The number of carbonyl (C=O) groups excluding carboxylic acids is 1. The summed E-state index contributed by atoms with van der Waals surface area (Å²) in [4.78, 5) is 25.2. The Bertz CT molecular complexity index is 419. The van der Waals surface area contributed by atoms with Crippen LogP contribution >= 0.6 is 0 Å². The minimum Gasteiger partial charge on any atom is -0.481 e. The smallest absolute Gasteiger partial charge is 0.307 e. The number of amides is 1. The molecule has 1 fully saturated rings. The Kier molecular flexibility index (Phi) is 4.10. The summed E-state index contributed by atoms with van der Waals surface area (Å²) in [6.07, 6.45) is 4.69. The van der Waals surface area contributed by atoms with Crippen LogP contribution in [0.3, 0.4) is 0 Å². The van der Waals surface area contributed by atoms with Crippen LogP contribution in [0.15, 0.2) is 24.3 Å². The van der Waals surface area contributed by atoms with Crippen LogP contribution in [-0.2, 0) is 9.59 Å². The van der Waals surface area contributed by atoms with Crippen LogP contribution in [-0.4, -0.2) is 35.0 Å². The zero-order chi connectivity index (χ0) is 13.3. The minimum absolute atomic E-state index is 0. The van der Waals surface area contributed by atoms with Crippen LogP contribution in [0.4, 0.5) is 0 Å². The standard InChI is InChI=1S/C14H18NO3.Rf/c1-9-7-15(8-10(9)2)13(16)11-5-3-4-6-12(11)14(17)18;/h3-4,9,11-12H,1-2,5-8H2,(H,17,18);/q-1;. The number of carbonyl (C=O) groups is 2. The van der Waals surface area contributed by atoms with Gasteiger partial charge in [-0.3, -0.25) is 9.59 Å². The molecule has 19 heavy (non-hydrogen) atoms. The predicted molar refractivity (Wildman–Crippen MR) is 67.6 cm³/mol. The first-order chi connectivity index (χ1) is 8.50. The van der Waals surface area contributed by atoms with Crippen molar-refractivity contribution in [2.24, 2.45) is 17.8 Å². The van der Waals surface area contributed by atoms with Gasteiger partial charge in [0.1, 0.15) is 0 Å². The van der Waals surface area contributed by atoms with Gasteiger partial charge in [-0.15, -0.1) is 12.5 Å². The summed E-state index contributed by atoms with van der Waals surface area (Å²) in [5.41, 5.74) is 0.946. The maximum absolute atomic E-state index is 12.4. The third-order valence-corrected chi connectivity index (χ3v) is 3.79. The summed E-state index contributed by atoms with van der Waals surface area (Å²) in [5, 5.41) is 9.17. The Morgan fingerprint density at radius 2 is 1.89 bits per heavy atom. The summed E-state index contributed by atoms with van der Waals surface area (Å²) in [7, 11) is 0. The Morgan fingerprint density at radius 3 is 2.37 bits per heavy atom. The molecule has 0 aromatic carbocycles. The van der Waals surface area contributed by atoms with E-state index >= 15 is 0 Å². The van der Waals surface area contributed by atoms with Gasteiger partial charge in [-0.1, -0.05) is 17.7 Å². The van der Waals surface area contributed by atoms with Gasteiger partial charge >= 0.3 is 5.97 Å². The molecule has 0 saturated carbocycles. The second-order valence-corrected chi connectivity index (χ2v) is 5.07. The van der Waals surface area contributed by atoms with Gasteiger partial charge in [0.25, 0.3) is 0 Å². The number of rotatable bonds is 2. The molecule has 1 N–H and O–H groups in total. The first-order valence-corrected chi connectivity index (χ1v) is 6.18. The molecule has 100 valence electrons. The van der Waals surface area contributed by atoms with Crippen molar-refractivity contribution >= 4 is 11.9 Å². The van der Waals surface area contributed by atoms with E-state index in [0.717, 1.165) is 5.57 Å². The molecule has 0 radical (unpaired) electrons. The van der Waals surface area contributed by atoms with Crippen LogP contribution < -0.4 is 0 Å². The molecule has 1 aliphatic carbocycles. The maximum Gasteiger partial charge on any atom is 0.307 e. The first-order valence-electron chi connectivity index (χ1n) is 6.18. The second-order valence-electron chi connectivity index (χ2n) is 5.07. The molecular weight excluding hydrogens is 497 g/mol. The van der Waals surface area contributed by atoms with E-state index in [1.807, 2.05) is 12.2 Å². The Morgan fingerprint density at radius 1 is 1.32 bits per heavy atom. The molecule has 0 bridgehead atoms. The summed E-state index contributed by atoms with van der Waals surface area (Å²) in [5.74, 6) is -1.93. The molecule has 3 unspecified atom stereocenters. The molecular formula is C14H18NO3Rf-. The van der Waals surface area contributed by atoms with Crippen molar-refractivity contribution < 1.29 is 14.7 Å². The third kappa shape index (κ3) is 2.64. The van der Waals surface area contributed by atoms with Gasteiger partial charge in [0.15, 0.2) is 0 Å². The average Bonchev–Trinajstić information content (AvgIpc) is 2.68. The van der Waals surface area contributed by atoms with Gasteiger partial charge in [-0.05, 0) is 19.4 Å². The van der Waals surface area contributed by atoms with Gasteiger partial charge in [-0.2, -0.15) is 0 Å². The molecule has 2 rings (SSSR count). The number of aliphatic carboxylic acids is 1. The fourth-order valence-corrected chi connectivity index (χ4v) is 2.60. The monoisotopic (exact) mass is 515 g/mol. The molecule has 1 saturated heterocycles. The van der Waals surface area contributed by atoms with E-state index < -0.39 is 17.8 Å². The van der Waals surface area contributed by atoms with Crippen molar-refractivity contribution in [3.05, 3.63) is 31.2 Å². The molecule has 0 spiro atoms. The summed E-state index contributed by atoms with van der Waals surface area (Å²) in [6, 6.07) is 0. The molecule has 3 atom stereocenters. The van der Waals surface area contributed by atoms with Crippen molar-refractivity contribution in [1.82, 2.24) is 4.90 Å². The van der Waals surface area contributed by atoms with E-state index in [1.54, 1.807) is 4.90 Å². The topological polar surface area (TPSA) is 57.6 Å². The zero-order valence-electron chi connectivity index (χ0n) is 11.0. The van der Waals surface area contributed by atoms with E-state index in [0.29, 0.717) is 25.9 Å².